The lowest BCUT2D eigenvalue weighted by atomic mass is 9.65. The summed E-state index contributed by atoms with van der Waals surface area (Å²) in [5, 5.41) is 7.12. The van der Waals surface area contributed by atoms with Crippen LogP contribution in [-0.2, 0) is 10.8 Å². The van der Waals surface area contributed by atoms with Gasteiger partial charge in [-0.15, -0.1) is 0 Å². The molecule has 0 amide bonds. The van der Waals surface area contributed by atoms with Gasteiger partial charge in [0.1, 0.15) is 23.0 Å². The van der Waals surface area contributed by atoms with Crippen LogP contribution in [0.1, 0.15) is 44.5 Å². The number of para-hydroxylation sites is 5. The van der Waals surface area contributed by atoms with Gasteiger partial charge in [0.2, 0.25) is 0 Å². The van der Waals surface area contributed by atoms with Gasteiger partial charge in [-0.25, -0.2) is 24.9 Å². The van der Waals surface area contributed by atoms with E-state index in [2.05, 4.69) is 364 Å². The number of nitrogens with zero attached hydrogens (tertiary/aromatic N) is 7. The van der Waals surface area contributed by atoms with E-state index in [0.717, 1.165) is 223 Å². The lowest BCUT2D eigenvalue weighted by molar-refractivity contribution is 0.443. The van der Waals surface area contributed by atoms with Crippen LogP contribution in [0, 0.1) is 0 Å². The molecule has 4 aliphatic rings. The van der Waals surface area contributed by atoms with Gasteiger partial charge in [0, 0.05) is 111 Å². The molecule has 2 aliphatic carbocycles. The Kier molecular flexibility index (Phi) is 15.7. The molecule has 9 nitrogen and oxygen atoms in total. The van der Waals surface area contributed by atoms with Crippen molar-refractivity contribution in [2.45, 2.75) is 10.8 Å². The monoisotopic (exact) mass is 1600 g/mol. The first kappa shape index (κ1) is 71.0. The fourth-order valence-electron chi connectivity index (χ4n) is 21.0. The summed E-state index contributed by atoms with van der Waals surface area (Å²) in [7, 11) is 0. The highest BCUT2D eigenvalue weighted by Gasteiger charge is 2.54. The molecular weight excluding hydrogens is 1540 g/mol. The number of ether oxygens (including phenoxy) is 2. The zero-order valence-corrected chi connectivity index (χ0v) is 67.8. The van der Waals surface area contributed by atoms with Gasteiger partial charge in [-0.2, -0.15) is 0 Å². The molecule has 1 atom stereocenters. The van der Waals surface area contributed by atoms with Crippen molar-refractivity contribution in [1.82, 2.24) is 34.9 Å². The molecule has 126 heavy (non-hydrogen) atoms. The molecule has 8 heterocycles. The van der Waals surface area contributed by atoms with Gasteiger partial charge in [-0.1, -0.05) is 352 Å². The highest BCUT2D eigenvalue weighted by Crippen LogP contribution is 2.68. The van der Waals surface area contributed by atoms with Gasteiger partial charge in [0.05, 0.1) is 67.2 Å². The topological polar surface area (TPSA) is 109 Å². The fraction of sp³-hybridized carbons (Fsp3) is 0.0171. The molecule has 0 saturated carbocycles. The van der Waals surface area contributed by atoms with Crippen molar-refractivity contribution in [2.75, 3.05) is 0 Å². The molecule has 22 aromatic rings. The van der Waals surface area contributed by atoms with Crippen LogP contribution < -0.4 is 9.47 Å². The Morgan fingerprint density at radius 3 is 1.10 bits per heavy atom. The van der Waals surface area contributed by atoms with Crippen molar-refractivity contribution in [3.63, 3.8) is 0 Å². The Morgan fingerprint density at radius 1 is 0.190 bits per heavy atom. The van der Waals surface area contributed by atoms with Crippen molar-refractivity contribution >= 4 is 54.3 Å². The first-order valence-corrected chi connectivity index (χ1v) is 42.8. The number of benzene rings is 16. The van der Waals surface area contributed by atoms with E-state index in [1.807, 2.05) is 54.9 Å². The van der Waals surface area contributed by atoms with Crippen LogP contribution in [0.5, 0.6) is 23.0 Å². The van der Waals surface area contributed by atoms with Gasteiger partial charge in [0.25, 0.3) is 0 Å². The van der Waals surface area contributed by atoms with Gasteiger partial charge in [-0.3, -0.25) is 9.97 Å². The number of aromatic nitrogens is 7. The number of fused-ring (bicyclic) bond motifs is 27. The maximum atomic E-state index is 7.87. The normalized spacial score (nSPS) is 13.9. The molecule has 0 bridgehead atoms. The van der Waals surface area contributed by atoms with E-state index in [4.69, 9.17) is 44.4 Å². The maximum Gasteiger partial charge on any atom is 0.160 e. The summed E-state index contributed by atoms with van der Waals surface area (Å²) in [6.45, 7) is 0. The van der Waals surface area contributed by atoms with Gasteiger partial charge < -0.3 is 9.47 Å². The summed E-state index contributed by atoms with van der Waals surface area (Å²) in [4.78, 5) is 36.8. The molecule has 2 spiro atoms. The summed E-state index contributed by atoms with van der Waals surface area (Å²) in [6, 6.07) is 145. The van der Waals surface area contributed by atoms with Crippen LogP contribution in [0.4, 0.5) is 0 Å². The molecule has 6 aromatic heterocycles. The predicted molar refractivity (Wildman–Crippen MR) is 508 cm³/mol. The van der Waals surface area contributed by atoms with Gasteiger partial charge >= 0.3 is 0 Å². The average Bonchev–Trinajstić information content (AvgIpc) is 1.46. The molecule has 9 heteroatoms. The molecular formula is C117H69N7O2. The number of rotatable bonds is 10. The Labute approximate surface area is 725 Å². The fourth-order valence-corrected chi connectivity index (χ4v) is 21.0. The minimum atomic E-state index is -0.854. The van der Waals surface area contributed by atoms with Gasteiger partial charge in [0.15, 0.2) is 5.82 Å². The molecule has 26 rings (SSSR count). The minimum Gasteiger partial charge on any atom is -0.455 e. The maximum absolute atomic E-state index is 7.87. The SMILES string of the molecule is c1ccc(-c2nc(-c3ccc(-c4cccc5c4Oc4c(ccc6c(-c7ccccc7)nc7ccccc7c46)C54c5ccccc5-c5cc(-c6ccc(-c7cc(-c8ccc(-c9cccc%10c9Oc9c(ccc%11c(-c%12ccccc%12)nc%12ccccc%12c9%11)C%109c%10ccccc%10-c%10ccccc%109)cc8)cc(-c8ccccn8)n7)nc6)ccc54)cc3)c3ccccc3n2)cc1. The van der Waals surface area contributed by atoms with E-state index >= 15 is 0 Å². The van der Waals surface area contributed by atoms with E-state index in [9.17, 15) is 0 Å². The molecule has 16 aromatic carbocycles. The molecule has 0 fully saturated rings. The molecule has 0 radical (unpaired) electrons. The lowest BCUT2D eigenvalue weighted by Gasteiger charge is -2.40. The lowest BCUT2D eigenvalue weighted by Crippen LogP contribution is -2.32. The number of hydrogen-bond donors (Lipinski definition) is 0. The van der Waals surface area contributed by atoms with Crippen molar-refractivity contribution in [2.24, 2.45) is 0 Å². The smallest absolute Gasteiger partial charge is 0.160 e. The molecule has 0 N–H and O–H groups in total. The van der Waals surface area contributed by atoms with Crippen molar-refractivity contribution in [3.8, 4) is 158 Å². The summed E-state index contributed by atoms with van der Waals surface area (Å²) in [5.41, 5.74) is 32.6. The summed E-state index contributed by atoms with van der Waals surface area (Å²) in [6.07, 6.45) is 3.82. The van der Waals surface area contributed by atoms with Gasteiger partial charge in [-0.05, 0) is 127 Å². The van der Waals surface area contributed by atoms with E-state index in [1.165, 1.54) is 27.8 Å². The largest absolute Gasteiger partial charge is 0.455 e. The first-order valence-electron chi connectivity index (χ1n) is 42.8. The summed E-state index contributed by atoms with van der Waals surface area (Å²) >= 11 is 0. The van der Waals surface area contributed by atoms with Crippen molar-refractivity contribution in [1.29, 1.82) is 0 Å². The Balaban J connectivity index is 0.589. The Morgan fingerprint density at radius 2 is 0.579 bits per heavy atom. The van der Waals surface area contributed by atoms with E-state index < -0.39 is 10.8 Å². The Hall–Kier alpha value is -16.8. The highest BCUT2D eigenvalue weighted by molar-refractivity contribution is 6.17. The zero-order valence-electron chi connectivity index (χ0n) is 67.8. The van der Waals surface area contributed by atoms with Crippen LogP contribution in [0.15, 0.2) is 419 Å². The Bertz CT molecular complexity index is 8270. The third-order valence-electron chi connectivity index (χ3n) is 26.5. The quantitative estimate of drug-likeness (QED) is 0.124. The molecule has 1 unspecified atom stereocenters. The predicted octanol–water partition coefficient (Wildman–Crippen LogP) is 28.8. The van der Waals surface area contributed by atoms with Crippen molar-refractivity contribution < 1.29 is 9.47 Å². The van der Waals surface area contributed by atoms with Crippen LogP contribution in [0.3, 0.4) is 0 Å². The highest BCUT2D eigenvalue weighted by atomic mass is 16.5. The van der Waals surface area contributed by atoms with E-state index in [1.54, 1.807) is 0 Å². The summed E-state index contributed by atoms with van der Waals surface area (Å²) < 4.78 is 15.7. The van der Waals surface area contributed by atoms with Crippen molar-refractivity contribution in [3.05, 3.63) is 463 Å². The third-order valence-corrected chi connectivity index (χ3v) is 26.5. The van der Waals surface area contributed by atoms with Crippen LogP contribution in [0.25, 0.3) is 189 Å². The molecule has 2 aliphatic heterocycles. The molecule has 0 saturated heterocycles. The first-order chi connectivity index (χ1) is 62.5. The second kappa shape index (κ2) is 27.9. The summed E-state index contributed by atoms with van der Waals surface area (Å²) in [5.74, 6) is 3.93. The van der Waals surface area contributed by atoms with Crippen LogP contribution in [0.2, 0.25) is 0 Å². The van der Waals surface area contributed by atoms with Crippen LogP contribution in [-0.4, -0.2) is 34.9 Å². The second-order valence-corrected chi connectivity index (χ2v) is 33.1. The van der Waals surface area contributed by atoms with E-state index in [-0.39, 0.29) is 0 Å². The zero-order chi connectivity index (χ0) is 82.7. The standard InChI is InChI=1S/C117H69N7O2/c1-4-26-73(27-5-1)109-88-59-62-97-113(106(88)85-35-13-19-45-99(85)121-109)125-111-80(38-24-43-95(111)116(97)91-40-16-10-32-82(91)83-33-11-17-41-92(83)116)71-51-49-70(50-52-71)79-67-104(102-48-22-23-65-118-102)120-105(68-79)103-64-58-78(69-119-103)77-57-61-94-90(66-77)84-34-12-18-42-93(84)117(94)96-44-25-39-81(72-53-55-75(56-54-72)108-87-37-15-21-47-101(87)123-115(124-108)76-30-8-3-9-31-76)112(96)126-114-98(117)63-60-89-107(114)86-36-14-20-46-100(86)122-110(89)74-28-6-2-7-29-74/h1-69H. The van der Waals surface area contributed by atoms with Crippen LogP contribution >= 0.6 is 0 Å². The minimum absolute atomic E-state index is 0.682. The average molecular weight is 1600 g/mol. The second-order valence-electron chi connectivity index (χ2n) is 33.1. The van der Waals surface area contributed by atoms with E-state index in [0.29, 0.717) is 5.82 Å². The number of pyridine rings is 5. The number of hydrogen-bond acceptors (Lipinski definition) is 9. The molecule has 584 valence electrons. The third kappa shape index (κ3) is 10.6.